The van der Waals surface area contributed by atoms with E-state index in [-0.39, 0.29) is 0 Å². The van der Waals surface area contributed by atoms with Gasteiger partial charge in [0.05, 0.1) is 51.3 Å². The van der Waals surface area contributed by atoms with Gasteiger partial charge in [0.25, 0.3) is 0 Å². The Morgan fingerprint density at radius 2 is 0.929 bits per heavy atom. The maximum Gasteiger partial charge on any atom is 0.188 e. The van der Waals surface area contributed by atoms with Gasteiger partial charge in [-0.3, -0.25) is 0 Å². The molecule has 0 saturated heterocycles. The Morgan fingerprint density at radius 1 is 0.411 bits per heavy atom. The molecule has 0 aliphatic heterocycles. The van der Waals surface area contributed by atoms with E-state index >= 15 is 0 Å². The van der Waals surface area contributed by atoms with Crippen molar-refractivity contribution in [2.75, 3.05) is 0 Å². The van der Waals surface area contributed by atoms with Crippen molar-refractivity contribution in [2.45, 2.75) is 0 Å². The number of aromatic nitrogens is 3. The molecule has 12 aromatic rings. The maximum absolute atomic E-state index is 9.67. The zero-order chi connectivity index (χ0) is 37.1. The number of hydrogen-bond acceptors (Lipinski definition) is 2. The average Bonchev–Trinajstić information content (AvgIpc) is 3.98. The van der Waals surface area contributed by atoms with Crippen molar-refractivity contribution in [2.24, 2.45) is 0 Å². The normalized spacial score (nSPS) is 11.9. The van der Waals surface area contributed by atoms with Crippen molar-refractivity contribution < 1.29 is 4.42 Å². The molecule has 6 nitrogen and oxygen atoms in total. The van der Waals surface area contributed by atoms with E-state index in [1.807, 2.05) is 42.5 Å². The largest absolute Gasteiger partial charge is 0.456 e. The van der Waals surface area contributed by atoms with Crippen molar-refractivity contribution in [3.63, 3.8) is 0 Å². The second kappa shape index (κ2) is 11.2. The summed E-state index contributed by atoms with van der Waals surface area (Å²) in [6.07, 6.45) is 0. The standard InChI is InChI=1S/C50H27N5O/c1-52-31-16-20-46-38(24-31)40-27-39-36-12-6-8-14-44(36)55(47(39)28-48(40)53(46)32-9-3-2-4-10-32)34-18-22-50-42(26-34)41-25-33(17-21-49(41)56-50)54-43-13-7-5-11-35(43)37-23-30(29-51)15-19-45(37)54/h2-28H. The molecule has 0 fully saturated rings. The Morgan fingerprint density at radius 3 is 1.57 bits per heavy atom. The first kappa shape index (κ1) is 30.4. The van der Waals surface area contributed by atoms with Crippen LogP contribution in [-0.4, -0.2) is 13.7 Å². The van der Waals surface area contributed by atoms with E-state index in [0.717, 1.165) is 104 Å². The van der Waals surface area contributed by atoms with Crippen molar-refractivity contribution in [1.82, 2.24) is 13.7 Å². The van der Waals surface area contributed by atoms with Crippen molar-refractivity contribution >= 4 is 93.0 Å². The summed E-state index contributed by atoms with van der Waals surface area (Å²) >= 11 is 0. The number of nitrogens with zero attached hydrogens (tertiary/aromatic N) is 5. The third kappa shape index (κ3) is 4.13. The number of furan rings is 1. The van der Waals surface area contributed by atoms with E-state index in [1.165, 1.54) is 0 Å². The highest BCUT2D eigenvalue weighted by molar-refractivity contribution is 6.20. The molecule has 0 atom stereocenters. The molecular formula is C50H27N5O. The fraction of sp³-hybridized carbons (Fsp3) is 0. The molecule has 0 radical (unpaired) electrons. The predicted octanol–water partition coefficient (Wildman–Crippen LogP) is 13.3. The van der Waals surface area contributed by atoms with Crippen molar-refractivity contribution in [1.29, 1.82) is 5.26 Å². The van der Waals surface area contributed by atoms with E-state index in [2.05, 4.69) is 146 Å². The van der Waals surface area contributed by atoms with Gasteiger partial charge in [0.1, 0.15) is 11.2 Å². The molecule has 12 rings (SSSR count). The molecule has 0 aliphatic rings. The van der Waals surface area contributed by atoms with Crippen LogP contribution in [0.5, 0.6) is 0 Å². The van der Waals surface area contributed by atoms with Gasteiger partial charge >= 0.3 is 0 Å². The molecule has 0 unspecified atom stereocenters. The lowest BCUT2D eigenvalue weighted by Crippen LogP contribution is -1.95. The van der Waals surface area contributed by atoms with Gasteiger partial charge in [-0.2, -0.15) is 5.26 Å². The number of benzene rings is 8. The van der Waals surface area contributed by atoms with Crippen LogP contribution in [0.4, 0.5) is 5.69 Å². The van der Waals surface area contributed by atoms with Crippen LogP contribution in [0.15, 0.2) is 168 Å². The maximum atomic E-state index is 9.67. The summed E-state index contributed by atoms with van der Waals surface area (Å²) in [4.78, 5) is 3.78. The van der Waals surface area contributed by atoms with Crippen LogP contribution in [0.25, 0.3) is 109 Å². The molecule has 0 N–H and O–H groups in total. The molecule has 56 heavy (non-hydrogen) atoms. The number of hydrogen-bond donors (Lipinski definition) is 0. The highest BCUT2D eigenvalue weighted by atomic mass is 16.3. The summed E-state index contributed by atoms with van der Waals surface area (Å²) in [5, 5.41) is 18.4. The van der Waals surface area contributed by atoms with Gasteiger partial charge in [0.2, 0.25) is 0 Å². The molecule has 0 saturated carbocycles. The molecular weight excluding hydrogens is 687 g/mol. The molecule has 258 valence electrons. The van der Waals surface area contributed by atoms with Crippen LogP contribution in [0.1, 0.15) is 5.56 Å². The minimum absolute atomic E-state index is 0.627. The van der Waals surface area contributed by atoms with E-state index in [1.54, 1.807) is 0 Å². The Bertz CT molecular complexity index is 3730. The van der Waals surface area contributed by atoms with Gasteiger partial charge in [0, 0.05) is 54.8 Å². The van der Waals surface area contributed by atoms with Crippen LogP contribution in [0, 0.1) is 17.9 Å². The lowest BCUT2D eigenvalue weighted by atomic mass is 10.1. The highest BCUT2D eigenvalue weighted by Crippen LogP contribution is 2.42. The Hall–Kier alpha value is -8.06. The van der Waals surface area contributed by atoms with Crippen LogP contribution in [-0.2, 0) is 0 Å². The summed E-state index contributed by atoms with van der Waals surface area (Å²) in [6.45, 7) is 7.75. The lowest BCUT2D eigenvalue weighted by molar-refractivity contribution is 0.669. The van der Waals surface area contributed by atoms with E-state index in [9.17, 15) is 5.26 Å². The van der Waals surface area contributed by atoms with Gasteiger partial charge in [0.15, 0.2) is 5.69 Å². The van der Waals surface area contributed by atoms with Gasteiger partial charge < -0.3 is 18.1 Å². The number of nitriles is 1. The van der Waals surface area contributed by atoms with Gasteiger partial charge in [-0.1, -0.05) is 60.7 Å². The Labute approximate surface area is 319 Å². The minimum atomic E-state index is 0.627. The topological polar surface area (TPSA) is 56.1 Å². The molecule has 6 heteroatoms. The van der Waals surface area contributed by atoms with Gasteiger partial charge in [-0.15, -0.1) is 0 Å². The van der Waals surface area contributed by atoms with Crippen LogP contribution >= 0.6 is 0 Å². The fourth-order valence-corrected chi connectivity index (χ4v) is 9.02. The fourth-order valence-electron chi connectivity index (χ4n) is 9.02. The van der Waals surface area contributed by atoms with E-state index < -0.39 is 0 Å². The van der Waals surface area contributed by atoms with Crippen LogP contribution < -0.4 is 0 Å². The zero-order valence-electron chi connectivity index (χ0n) is 29.7. The Balaban J connectivity index is 1.12. The van der Waals surface area contributed by atoms with Gasteiger partial charge in [-0.25, -0.2) is 4.85 Å². The second-order valence-corrected chi connectivity index (χ2v) is 14.4. The quantitative estimate of drug-likeness (QED) is 0.171. The van der Waals surface area contributed by atoms with Crippen molar-refractivity contribution in [3.8, 4) is 23.1 Å². The molecule has 0 spiro atoms. The SMILES string of the molecule is [C-]#[N+]c1ccc2c(c1)c1cc3c4ccccc4n(-c4ccc5oc6ccc(-n7c8ccccc8c8cc(C#N)ccc87)cc6c5c4)c3cc1n2-c1ccccc1. The molecule has 0 amide bonds. The average molecular weight is 714 g/mol. The molecule has 4 heterocycles. The van der Waals surface area contributed by atoms with Crippen molar-refractivity contribution in [3.05, 3.63) is 181 Å². The molecule has 0 aliphatic carbocycles. The third-order valence-electron chi connectivity index (χ3n) is 11.4. The Kier molecular flexibility index (Phi) is 6.10. The minimum Gasteiger partial charge on any atom is -0.456 e. The number of fused-ring (bicyclic) bond motifs is 12. The number of rotatable bonds is 3. The summed E-state index contributed by atoms with van der Waals surface area (Å²) < 4.78 is 13.4. The molecule has 0 bridgehead atoms. The predicted molar refractivity (Wildman–Crippen MR) is 228 cm³/mol. The van der Waals surface area contributed by atoms with E-state index in [0.29, 0.717) is 11.3 Å². The molecule has 8 aromatic carbocycles. The number of para-hydroxylation sites is 3. The first-order chi connectivity index (χ1) is 27.7. The van der Waals surface area contributed by atoms with Crippen LogP contribution in [0.3, 0.4) is 0 Å². The summed E-state index contributed by atoms with van der Waals surface area (Å²) in [6, 6.07) is 59.1. The smallest absolute Gasteiger partial charge is 0.188 e. The zero-order valence-corrected chi connectivity index (χ0v) is 29.7. The van der Waals surface area contributed by atoms with Crippen LogP contribution in [0.2, 0.25) is 0 Å². The third-order valence-corrected chi connectivity index (χ3v) is 11.4. The van der Waals surface area contributed by atoms with Gasteiger partial charge in [-0.05, 0) is 109 Å². The first-order valence-electron chi connectivity index (χ1n) is 18.5. The second-order valence-electron chi connectivity index (χ2n) is 14.4. The van der Waals surface area contributed by atoms with E-state index in [4.69, 9.17) is 11.0 Å². The molecule has 4 aromatic heterocycles. The monoisotopic (exact) mass is 713 g/mol. The summed E-state index contributed by atoms with van der Waals surface area (Å²) in [5.41, 5.74) is 12.5. The summed E-state index contributed by atoms with van der Waals surface area (Å²) in [7, 11) is 0. The lowest BCUT2D eigenvalue weighted by Gasteiger charge is -2.10. The summed E-state index contributed by atoms with van der Waals surface area (Å²) in [5.74, 6) is 0. The highest BCUT2D eigenvalue weighted by Gasteiger charge is 2.20. The first-order valence-corrected chi connectivity index (χ1v) is 18.5.